The predicted octanol–water partition coefficient (Wildman–Crippen LogP) is 2.68. The molecule has 0 aliphatic rings. The highest BCUT2D eigenvalue weighted by atomic mass is 127. The summed E-state index contributed by atoms with van der Waals surface area (Å²) in [6.45, 7) is 3.08. The molecule has 0 aliphatic heterocycles. The highest BCUT2D eigenvalue weighted by Gasteiger charge is 2.15. The van der Waals surface area contributed by atoms with E-state index in [4.69, 9.17) is 0 Å². The third-order valence-electron chi connectivity index (χ3n) is 3.13. The molecule has 0 saturated carbocycles. The predicted molar refractivity (Wildman–Crippen MR) is 99.3 cm³/mol. The number of benzene rings is 2. The van der Waals surface area contributed by atoms with Crippen molar-refractivity contribution in [3.05, 3.63) is 57.2 Å². The van der Waals surface area contributed by atoms with E-state index >= 15 is 0 Å². The molecule has 0 unspecified atom stereocenters. The Balaban J connectivity index is 2.15. The number of carbonyl (C=O) groups excluding carboxylic acids is 2. The quantitative estimate of drug-likeness (QED) is 0.690. The number of anilines is 1. The maximum absolute atomic E-state index is 12.2. The van der Waals surface area contributed by atoms with Crippen molar-refractivity contribution < 1.29 is 18.0 Å². The number of halogens is 1. The molecule has 2 aromatic carbocycles. The van der Waals surface area contributed by atoms with Crippen LogP contribution in [-0.2, 0) is 14.8 Å². The van der Waals surface area contributed by atoms with Gasteiger partial charge in [0.2, 0.25) is 5.91 Å². The molecule has 0 saturated heterocycles. The van der Waals surface area contributed by atoms with Crippen molar-refractivity contribution in [3.63, 3.8) is 0 Å². The summed E-state index contributed by atoms with van der Waals surface area (Å²) in [7, 11) is -3.88. The van der Waals surface area contributed by atoms with Gasteiger partial charge in [-0.1, -0.05) is 6.07 Å². The lowest BCUT2D eigenvalue weighted by molar-refractivity contribution is -0.117. The first kappa shape index (κ1) is 18.4. The Morgan fingerprint density at radius 2 is 1.67 bits per heavy atom. The average Bonchev–Trinajstić information content (AvgIpc) is 2.49. The lowest BCUT2D eigenvalue weighted by Gasteiger charge is -2.08. The van der Waals surface area contributed by atoms with E-state index in [-0.39, 0.29) is 10.8 Å². The van der Waals surface area contributed by atoms with Gasteiger partial charge in [-0.15, -0.1) is 0 Å². The topological polar surface area (TPSA) is 92.3 Å². The van der Waals surface area contributed by atoms with Gasteiger partial charge in [-0.25, -0.2) is 13.1 Å². The van der Waals surface area contributed by atoms with Crippen LogP contribution >= 0.6 is 22.6 Å². The maximum Gasteiger partial charge on any atom is 0.264 e. The van der Waals surface area contributed by atoms with Crippen molar-refractivity contribution in [1.29, 1.82) is 0 Å². The number of carbonyl (C=O) groups is 2. The zero-order chi connectivity index (χ0) is 17.9. The Labute approximate surface area is 153 Å². The molecule has 0 heterocycles. The number of aryl methyl sites for hydroxylation is 1. The van der Waals surface area contributed by atoms with E-state index in [9.17, 15) is 18.0 Å². The molecule has 2 aromatic rings. The van der Waals surface area contributed by atoms with Gasteiger partial charge in [0, 0.05) is 21.7 Å². The van der Waals surface area contributed by atoms with Crippen molar-refractivity contribution in [2.45, 2.75) is 18.7 Å². The Morgan fingerprint density at radius 1 is 1.04 bits per heavy atom. The van der Waals surface area contributed by atoms with E-state index in [1.807, 2.05) is 17.7 Å². The molecule has 126 valence electrons. The Kier molecular flexibility index (Phi) is 5.60. The fraction of sp³-hybridized carbons (Fsp3) is 0.125. The summed E-state index contributed by atoms with van der Waals surface area (Å²) < 4.78 is 26.6. The molecule has 0 aliphatic carbocycles. The summed E-state index contributed by atoms with van der Waals surface area (Å²) in [6.07, 6.45) is 0. The Hall–Kier alpha value is -1.94. The summed E-state index contributed by atoms with van der Waals surface area (Å²) in [4.78, 5) is 23.1. The van der Waals surface area contributed by atoms with Crippen LogP contribution < -0.4 is 10.0 Å². The van der Waals surface area contributed by atoms with Crippen molar-refractivity contribution >= 4 is 50.1 Å². The molecule has 8 heteroatoms. The number of nitrogens with one attached hydrogen (secondary N) is 2. The molecule has 6 nitrogen and oxygen atoms in total. The van der Waals surface area contributed by atoms with Gasteiger partial charge >= 0.3 is 0 Å². The van der Waals surface area contributed by atoms with E-state index in [1.54, 1.807) is 12.1 Å². The molecule has 2 rings (SSSR count). The lowest BCUT2D eigenvalue weighted by atomic mass is 10.1. The third kappa shape index (κ3) is 4.54. The first-order chi connectivity index (χ1) is 11.2. The summed E-state index contributed by atoms with van der Waals surface area (Å²) in [5.74, 6) is -0.952. The van der Waals surface area contributed by atoms with Crippen LogP contribution in [0.15, 0.2) is 47.4 Å². The van der Waals surface area contributed by atoms with E-state index in [2.05, 4.69) is 27.9 Å². The van der Waals surface area contributed by atoms with Crippen molar-refractivity contribution in [3.8, 4) is 0 Å². The summed E-state index contributed by atoms with van der Waals surface area (Å²) in [5, 5.41) is 2.70. The van der Waals surface area contributed by atoms with Gasteiger partial charge in [-0.3, -0.25) is 9.59 Å². The van der Waals surface area contributed by atoms with Crippen molar-refractivity contribution in [2.75, 3.05) is 5.32 Å². The summed E-state index contributed by atoms with van der Waals surface area (Å²) in [5.41, 5.74) is 2.05. The monoisotopic (exact) mass is 458 g/mol. The van der Waals surface area contributed by atoms with Crippen LogP contribution in [0.1, 0.15) is 22.8 Å². The molecule has 24 heavy (non-hydrogen) atoms. The van der Waals surface area contributed by atoms with Gasteiger partial charge in [0.15, 0.2) is 0 Å². The standard InChI is InChI=1S/C16H15IN2O4S/c1-10-3-4-12(9-15(10)17)16(21)18-13-5-7-14(8-6-13)24(22,23)19-11(2)20/h3-9H,1-2H3,(H,18,21)(H,19,20). The zero-order valence-electron chi connectivity index (χ0n) is 13.0. The highest BCUT2D eigenvalue weighted by Crippen LogP contribution is 2.17. The number of rotatable bonds is 4. The van der Waals surface area contributed by atoms with Crippen LogP contribution in [0, 0.1) is 10.5 Å². The normalized spacial score (nSPS) is 11.0. The minimum absolute atomic E-state index is 0.0550. The van der Waals surface area contributed by atoms with E-state index in [0.717, 1.165) is 16.1 Å². The van der Waals surface area contributed by atoms with Gasteiger partial charge < -0.3 is 5.32 Å². The first-order valence-corrected chi connectivity index (χ1v) is 9.46. The van der Waals surface area contributed by atoms with Crippen LogP contribution in [0.4, 0.5) is 5.69 Å². The minimum Gasteiger partial charge on any atom is -0.322 e. The van der Waals surface area contributed by atoms with E-state index < -0.39 is 15.9 Å². The highest BCUT2D eigenvalue weighted by molar-refractivity contribution is 14.1. The molecule has 0 radical (unpaired) electrons. The maximum atomic E-state index is 12.2. The number of hydrogen-bond donors (Lipinski definition) is 2. The zero-order valence-corrected chi connectivity index (χ0v) is 15.9. The molecule has 2 amide bonds. The van der Waals surface area contributed by atoms with Gasteiger partial charge in [0.25, 0.3) is 15.9 Å². The van der Waals surface area contributed by atoms with Gasteiger partial charge in [0.1, 0.15) is 0 Å². The molecule has 0 fully saturated rings. The third-order valence-corrected chi connectivity index (χ3v) is 5.75. The second-order valence-electron chi connectivity index (χ2n) is 5.10. The smallest absolute Gasteiger partial charge is 0.264 e. The SMILES string of the molecule is CC(=O)NS(=O)(=O)c1ccc(NC(=O)c2ccc(C)c(I)c2)cc1. The first-order valence-electron chi connectivity index (χ1n) is 6.90. The molecule has 0 atom stereocenters. The number of amides is 2. The Bertz CT molecular complexity index is 893. The number of sulfonamides is 1. The van der Waals surface area contributed by atoms with Crippen LogP contribution in [0.25, 0.3) is 0 Å². The minimum atomic E-state index is -3.88. The lowest BCUT2D eigenvalue weighted by Crippen LogP contribution is -2.28. The summed E-state index contributed by atoms with van der Waals surface area (Å²) >= 11 is 2.16. The van der Waals surface area contributed by atoms with Crippen molar-refractivity contribution in [1.82, 2.24) is 4.72 Å². The number of hydrogen-bond acceptors (Lipinski definition) is 4. The fourth-order valence-electron chi connectivity index (χ4n) is 1.90. The second-order valence-corrected chi connectivity index (χ2v) is 7.95. The fourth-order valence-corrected chi connectivity index (χ4v) is 3.41. The van der Waals surface area contributed by atoms with Gasteiger partial charge in [-0.05, 0) is 71.5 Å². The molecule has 0 aromatic heterocycles. The second kappa shape index (κ2) is 7.31. The average molecular weight is 458 g/mol. The summed E-state index contributed by atoms with van der Waals surface area (Å²) in [6, 6.07) is 10.9. The molecule has 2 N–H and O–H groups in total. The Morgan fingerprint density at radius 3 is 2.21 bits per heavy atom. The molecular weight excluding hydrogens is 443 g/mol. The molecular formula is C16H15IN2O4S. The largest absolute Gasteiger partial charge is 0.322 e. The van der Waals surface area contributed by atoms with Crippen LogP contribution in [-0.4, -0.2) is 20.2 Å². The van der Waals surface area contributed by atoms with Crippen molar-refractivity contribution in [2.24, 2.45) is 0 Å². The van der Waals surface area contributed by atoms with Crippen LogP contribution in [0.3, 0.4) is 0 Å². The van der Waals surface area contributed by atoms with Crippen LogP contribution in [0.2, 0.25) is 0 Å². The van der Waals surface area contributed by atoms with Crippen LogP contribution in [0.5, 0.6) is 0 Å². The molecule has 0 bridgehead atoms. The van der Waals surface area contributed by atoms with E-state index in [1.165, 1.54) is 24.3 Å². The van der Waals surface area contributed by atoms with Gasteiger partial charge in [0.05, 0.1) is 4.90 Å². The molecule has 0 spiro atoms. The van der Waals surface area contributed by atoms with Gasteiger partial charge in [-0.2, -0.15) is 0 Å². The van der Waals surface area contributed by atoms with E-state index in [0.29, 0.717) is 11.3 Å².